The van der Waals surface area contributed by atoms with Gasteiger partial charge in [0.25, 0.3) is 0 Å². The van der Waals surface area contributed by atoms with Crippen molar-refractivity contribution < 1.29 is 9.84 Å². The molecular formula is C14H22N2O2. The molecule has 0 aromatic heterocycles. The Balaban J connectivity index is 2.11. The number of piperazine rings is 1. The third-order valence-corrected chi connectivity index (χ3v) is 3.64. The molecule has 0 saturated carbocycles. The van der Waals surface area contributed by atoms with Crippen molar-refractivity contribution in [1.82, 2.24) is 10.2 Å². The fraction of sp³-hybridized carbons (Fsp3) is 0.571. The van der Waals surface area contributed by atoms with E-state index in [0.717, 1.165) is 37.5 Å². The minimum atomic E-state index is -0.515. The van der Waals surface area contributed by atoms with E-state index >= 15 is 0 Å². The van der Waals surface area contributed by atoms with Crippen molar-refractivity contribution in [3.05, 3.63) is 29.8 Å². The summed E-state index contributed by atoms with van der Waals surface area (Å²) >= 11 is 0. The van der Waals surface area contributed by atoms with Crippen LogP contribution in [-0.4, -0.2) is 49.3 Å². The van der Waals surface area contributed by atoms with Gasteiger partial charge in [0.05, 0.1) is 13.2 Å². The number of rotatable bonds is 4. The largest absolute Gasteiger partial charge is 0.496 e. The van der Waals surface area contributed by atoms with Crippen LogP contribution in [0.4, 0.5) is 0 Å². The number of para-hydroxylation sites is 1. The van der Waals surface area contributed by atoms with Crippen molar-refractivity contribution in [1.29, 1.82) is 0 Å². The first-order valence-electron chi connectivity index (χ1n) is 6.50. The monoisotopic (exact) mass is 250 g/mol. The van der Waals surface area contributed by atoms with Crippen LogP contribution in [0.2, 0.25) is 0 Å². The number of ether oxygens (including phenoxy) is 1. The summed E-state index contributed by atoms with van der Waals surface area (Å²) in [7, 11) is 1.64. The molecule has 0 amide bonds. The fourth-order valence-corrected chi connectivity index (χ4v) is 2.46. The van der Waals surface area contributed by atoms with Crippen LogP contribution in [0.25, 0.3) is 0 Å². The number of hydrogen-bond donors (Lipinski definition) is 2. The molecule has 2 atom stereocenters. The normalized spacial score (nSPS) is 20.4. The van der Waals surface area contributed by atoms with Crippen LogP contribution in [0.3, 0.4) is 0 Å². The molecule has 100 valence electrons. The number of aliphatic hydroxyl groups excluding tert-OH is 1. The molecule has 0 radical (unpaired) electrons. The molecular weight excluding hydrogens is 228 g/mol. The summed E-state index contributed by atoms with van der Waals surface area (Å²) < 4.78 is 5.31. The molecule has 2 rings (SSSR count). The summed E-state index contributed by atoms with van der Waals surface area (Å²) in [5, 5.41) is 13.8. The Kier molecular flexibility index (Phi) is 4.58. The van der Waals surface area contributed by atoms with E-state index in [2.05, 4.69) is 17.1 Å². The zero-order valence-corrected chi connectivity index (χ0v) is 11.1. The van der Waals surface area contributed by atoms with Crippen molar-refractivity contribution >= 4 is 0 Å². The third kappa shape index (κ3) is 2.83. The molecule has 2 unspecified atom stereocenters. The van der Waals surface area contributed by atoms with Gasteiger partial charge in [0.1, 0.15) is 5.75 Å². The van der Waals surface area contributed by atoms with Crippen LogP contribution >= 0.6 is 0 Å². The molecule has 0 bridgehead atoms. The fourth-order valence-electron chi connectivity index (χ4n) is 2.46. The number of hydrogen-bond acceptors (Lipinski definition) is 4. The highest BCUT2D eigenvalue weighted by Crippen LogP contribution is 2.28. The van der Waals surface area contributed by atoms with E-state index in [1.54, 1.807) is 7.11 Å². The minimum absolute atomic E-state index is 0.100. The molecule has 1 heterocycles. The molecule has 1 aliphatic rings. The Morgan fingerprint density at radius 1 is 1.28 bits per heavy atom. The number of aliphatic hydroxyl groups is 1. The van der Waals surface area contributed by atoms with Crippen LogP contribution in [0.15, 0.2) is 24.3 Å². The molecule has 1 aliphatic heterocycles. The zero-order chi connectivity index (χ0) is 13.0. The van der Waals surface area contributed by atoms with E-state index in [9.17, 15) is 5.11 Å². The van der Waals surface area contributed by atoms with E-state index < -0.39 is 6.10 Å². The maximum absolute atomic E-state index is 10.5. The van der Waals surface area contributed by atoms with Crippen molar-refractivity contribution in [2.75, 3.05) is 33.3 Å². The number of nitrogens with one attached hydrogen (secondary N) is 1. The third-order valence-electron chi connectivity index (χ3n) is 3.64. The van der Waals surface area contributed by atoms with Crippen molar-refractivity contribution in [2.45, 2.75) is 19.1 Å². The van der Waals surface area contributed by atoms with Gasteiger partial charge in [-0.05, 0) is 13.0 Å². The number of nitrogens with zero attached hydrogens (tertiary/aromatic N) is 1. The molecule has 2 N–H and O–H groups in total. The van der Waals surface area contributed by atoms with Gasteiger partial charge in [-0.2, -0.15) is 0 Å². The maximum atomic E-state index is 10.5. The Bertz CT molecular complexity index is 378. The van der Waals surface area contributed by atoms with Gasteiger partial charge in [-0.25, -0.2) is 0 Å². The Morgan fingerprint density at radius 3 is 2.61 bits per heavy atom. The molecule has 1 saturated heterocycles. The first kappa shape index (κ1) is 13.3. The van der Waals surface area contributed by atoms with Crippen LogP contribution in [0.1, 0.15) is 18.6 Å². The van der Waals surface area contributed by atoms with E-state index in [1.807, 2.05) is 24.3 Å². The predicted octanol–water partition coefficient (Wildman–Crippen LogP) is 1.02. The summed E-state index contributed by atoms with van der Waals surface area (Å²) in [5.41, 5.74) is 0.867. The Morgan fingerprint density at radius 2 is 1.94 bits per heavy atom. The van der Waals surface area contributed by atoms with Crippen molar-refractivity contribution in [2.24, 2.45) is 0 Å². The second kappa shape index (κ2) is 6.18. The van der Waals surface area contributed by atoms with E-state index in [1.165, 1.54) is 0 Å². The van der Waals surface area contributed by atoms with Crippen LogP contribution < -0.4 is 10.1 Å². The second-order valence-corrected chi connectivity index (χ2v) is 4.71. The lowest BCUT2D eigenvalue weighted by Gasteiger charge is -2.35. The summed E-state index contributed by atoms with van der Waals surface area (Å²) in [6, 6.07) is 7.78. The Hall–Kier alpha value is -1.10. The van der Waals surface area contributed by atoms with Crippen molar-refractivity contribution in [3.63, 3.8) is 0 Å². The van der Waals surface area contributed by atoms with Gasteiger partial charge in [0.2, 0.25) is 0 Å². The molecule has 4 heteroatoms. The van der Waals surface area contributed by atoms with Gasteiger partial charge in [0, 0.05) is 37.8 Å². The van der Waals surface area contributed by atoms with Gasteiger partial charge in [0.15, 0.2) is 0 Å². The number of methoxy groups -OCH3 is 1. The van der Waals surface area contributed by atoms with Crippen LogP contribution in [0.5, 0.6) is 5.75 Å². The molecule has 18 heavy (non-hydrogen) atoms. The summed E-state index contributed by atoms with van der Waals surface area (Å²) in [5.74, 6) is 0.756. The lowest BCUT2D eigenvalue weighted by atomic mass is 10.0. The average Bonchev–Trinajstić information content (AvgIpc) is 2.46. The highest BCUT2D eigenvalue weighted by molar-refractivity contribution is 5.35. The standard InChI is InChI=1S/C14H22N2O2/c1-11(16-9-7-15-8-10-16)14(17)12-5-3-4-6-13(12)18-2/h3-6,11,14-15,17H,7-10H2,1-2H3. The quantitative estimate of drug-likeness (QED) is 0.837. The van der Waals surface area contributed by atoms with Gasteiger partial charge >= 0.3 is 0 Å². The smallest absolute Gasteiger partial charge is 0.124 e. The second-order valence-electron chi connectivity index (χ2n) is 4.71. The SMILES string of the molecule is COc1ccccc1C(O)C(C)N1CCNCC1. The maximum Gasteiger partial charge on any atom is 0.124 e. The van der Waals surface area contributed by atoms with E-state index in [4.69, 9.17) is 4.74 Å². The minimum Gasteiger partial charge on any atom is -0.496 e. The predicted molar refractivity (Wildman–Crippen MR) is 71.9 cm³/mol. The summed E-state index contributed by atoms with van der Waals surface area (Å²) in [6.07, 6.45) is -0.515. The van der Waals surface area contributed by atoms with E-state index in [0.29, 0.717) is 0 Å². The summed E-state index contributed by atoms with van der Waals surface area (Å²) in [4.78, 5) is 2.31. The highest BCUT2D eigenvalue weighted by Gasteiger charge is 2.26. The molecule has 1 fully saturated rings. The van der Waals surface area contributed by atoms with Gasteiger partial charge in [-0.3, -0.25) is 4.90 Å². The topological polar surface area (TPSA) is 44.7 Å². The Labute approximate surface area is 109 Å². The molecule has 4 nitrogen and oxygen atoms in total. The number of benzene rings is 1. The lowest BCUT2D eigenvalue weighted by molar-refractivity contribution is 0.0495. The summed E-state index contributed by atoms with van der Waals surface area (Å²) in [6.45, 7) is 6.01. The first-order chi connectivity index (χ1) is 8.74. The molecule has 1 aromatic carbocycles. The van der Waals surface area contributed by atoms with Gasteiger partial charge in [-0.15, -0.1) is 0 Å². The van der Waals surface area contributed by atoms with Crippen molar-refractivity contribution in [3.8, 4) is 5.75 Å². The lowest BCUT2D eigenvalue weighted by Crippen LogP contribution is -2.49. The van der Waals surface area contributed by atoms with Gasteiger partial charge < -0.3 is 15.2 Å². The molecule has 0 spiro atoms. The first-order valence-corrected chi connectivity index (χ1v) is 6.50. The van der Waals surface area contributed by atoms with Gasteiger partial charge in [-0.1, -0.05) is 18.2 Å². The van der Waals surface area contributed by atoms with Crippen LogP contribution in [-0.2, 0) is 0 Å². The highest BCUT2D eigenvalue weighted by atomic mass is 16.5. The molecule has 1 aromatic rings. The van der Waals surface area contributed by atoms with E-state index in [-0.39, 0.29) is 6.04 Å². The van der Waals surface area contributed by atoms with Crippen LogP contribution in [0, 0.1) is 0 Å². The average molecular weight is 250 g/mol. The zero-order valence-electron chi connectivity index (χ0n) is 11.1. The molecule has 0 aliphatic carbocycles.